The fraction of sp³-hybridized carbons (Fsp3) is 0.562. The van der Waals surface area contributed by atoms with E-state index in [1.165, 1.54) is 0 Å². The quantitative estimate of drug-likeness (QED) is 0.811. The molecule has 0 saturated carbocycles. The van der Waals surface area contributed by atoms with Crippen LogP contribution in [0.15, 0.2) is 23.1 Å². The molecule has 22 heavy (non-hydrogen) atoms. The number of anilines is 1. The van der Waals surface area contributed by atoms with Gasteiger partial charge in [-0.05, 0) is 49.6 Å². The van der Waals surface area contributed by atoms with Crippen molar-refractivity contribution in [3.05, 3.63) is 23.2 Å². The molecule has 122 valence electrons. The average Bonchev–Trinajstić information content (AvgIpc) is 2.50. The number of aliphatic hydroxyl groups excluding tert-OH is 1. The Bertz CT molecular complexity index is 517. The number of halogens is 1. The standard InChI is InChI=1S/C16H23ClN2O2S/c1-3-22-15-5-4-13(17)10-14(15)18-16(21)19-8-6-12(7-9-19)11(2)20/h4-5,10-12,20H,3,6-9H2,1-2H3,(H,18,21). The van der Waals surface area contributed by atoms with Crippen molar-refractivity contribution >= 4 is 35.1 Å². The van der Waals surface area contributed by atoms with Crippen molar-refractivity contribution in [2.75, 3.05) is 24.2 Å². The molecule has 1 saturated heterocycles. The third kappa shape index (κ3) is 4.54. The number of likely N-dealkylation sites (tertiary alicyclic amines) is 1. The van der Waals surface area contributed by atoms with Crippen LogP contribution in [0.3, 0.4) is 0 Å². The van der Waals surface area contributed by atoms with Gasteiger partial charge in [0, 0.05) is 23.0 Å². The first-order chi connectivity index (χ1) is 10.5. The highest BCUT2D eigenvalue weighted by molar-refractivity contribution is 7.99. The summed E-state index contributed by atoms with van der Waals surface area (Å²) in [5, 5.41) is 13.2. The lowest BCUT2D eigenvalue weighted by Gasteiger charge is -2.33. The van der Waals surface area contributed by atoms with Crippen molar-refractivity contribution in [3.63, 3.8) is 0 Å². The number of thioether (sulfide) groups is 1. The molecule has 4 nitrogen and oxygen atoms in total. The van der Waals surface area contributed by atoms with Gasteiger partial charge in [-0.1, -0.05) is 18.5 Å². The van der Waals surface area contributed by atoms with Crippen LogP contribution in [-0.2, 0) is 0 Å². The summed E-state index contributed by atoms with van der Waals surface area (Å²) in [5.41, 5.74) is 0.766. The van der Waals surface area contributed by atoms with E-state index in [1.54, 1.807) is 22.7 Å². The van der Waals surface area contributed by atoms with Crippen LogP contribution in [0.1, 0.15) is 26.7 Å². The minimum Gasteiger partial charge on any atom is -0.393 e. The Balaban J connectivity index is 1.99. The monoisotopic (exact) mass is 342 g/mol. The van der Waals surface area contributed by atoms with E-state index >= 15 is 0 Å². The summed E-state index contributed by atoms with van der Waals surface area (Å²) in [6, 6.07) is 5.47. The molecule has 2 amide bonds. The van der Waals surface area contributed by atoms with E-state index in [1.807, 2.05) is 19.1 Å². The Morgan fingerprint density at radius 3 is 2.77 bits per heavy atom. The Hall–Kier alpha value is -0.910. The van der Waals surface area contributed by atoms with Crippen molar-refractivity contribution in [3.8, 4) is 0 Å². The molecular formula is C16H23ClN2O2S. The lowest BCUT2D eigenvalue weighted by atomic mass is 9.92. The van der Waals surface area contributed by atoms with Gasteiger partial charge in [-0.15, -0.1) is 11.8 Å². The molecule has 6 heteroatoms. The second-order valence-electron chi connectivity index (χ2n) is 5.57. The number of aliphatic hydroxyl groups is 1. The van der Waals surface area contributed by atoms with Crippen molar-refractivity contribution in [2.45, 2.75) is 37.7 Å². The summed E-state index contributed by atoms with van der Waals surface area (Å²) in [4.78, 5) is 15.2. The molecule has 0 radical (unpaired) electrons. The van der Waals surface area contributed by atoms with E-state index < -0.39 is 0 Å². The van der Waals surface area contributed by atoms with E-state index in [4.69, 9.17) is 11.6 Å². The van der Waals surface area contributed by atoms with Crippen LogP contribution in [0, 0.1) is 5.92 Å². The average molecular weight is 343 g/mol. The number of urea groups is 1. The molecule has 1 aliphatic heterocycles. The van der Waals surface area contributed by atoms with Crippen LogP contribution in [0.5, 0.6) is 0 Å². The van der Waals surface area contributed by atoms with E-state index in [2.05, 4.69) is 12.2 Å². The number of nitrogens with zero attached hydrogens (tertiary/aromatic N) is 1. The summed E-state index contributed by atoms with van der Waals surface area (Å²) >= 11 is 7.72. The first kappa shape index (κ1) is 17.4. The van der Waals surface area contributed by atoms with Crippen molar-refractivity contribution in [2.24, 2.45) is 5.92 Å². The van der Waals surface area contributed by atoms with Gasteiger partial charge in [0.25, 0.3) is 0 Å². The number of rotatable bonds is 4. The summed E-state index contributed by atoms with van der Waals surface area (Å²) in [7, 11) is 0. The number of benzene rings is 1. The Morgan fingerprint density at radius 2 is 2.18 bits per heavy atom. The predicted octanol–water partition coefficient (Wildman–Crippen LogP) is 4.08. The molecule has 0 aromatic heterocycles. The van der Waals surface area contributed by atoms with Gasteiger partial charge < -0.3 is 15.3 Å². The van der Waals surface area contributed by atoms with Crippen LogP contribution >= 0.6 is 23.4 Å². The van der Waals surface area contributed by atoms with Gasteiger partial charge >= 0.3 is 6.03 Å². The summed E-state index contributed by atoms with van der Waals surface area (Å²) in [6.45, 7) is 5.25. The van der Waals surface area contributed by atoms with Gasteiger partial charge in [0.2, 0.25) is 0 Å². The maximum atomic E-state index is 12.4. The van der Waals surface area contributed by atoms with Gasteiger partial charge in [-0.25, -0.2) is 4.79 Å². The van der Waals surface area contributed by atoms with Gasteiger partial charge in [-0.3, -0.25) is 0 Å². The lowest BCUT2D eigenvalue weighted by Crippen LogP contribution is -2.42. The van der Waals surface area contributed by atoms with Gasteiger partial charge in [-0.2, -0.15) is 0 Å². The van der Waals surface area contributed by atoms with Crippen molar-refractivity contribution in [1.82, 2.24) is 4.90 Å². The zero-order valence-corrected chi connectivity index (χ0v) is 14.6. The molecule has 2 N–H and O–H groups in total. The first-order valence-electron chi connectivity index (χ1n) is 7.67. The number of hydrogen-bond acceptors (Lipinski definition) is 3. The number of nitrogens with one attached hydrogen (secondary N) is 1. The van der Waals surface area contributed by atoms with Gasteiger partial charge in [0.1, 0.15) is 0 Å². The number of hydrogen-bond donors (Lipinski definition) is 2. The third-order valence-electron chi connectivity index (χ3n) is 3.99. The third-order valence-corrected chi connectivity index (χ3v) is 5.18. The molecule has 1 heterocycles. The number of amides is 2. The summed E-state index contributed by atoms with van der Waals surface area (Å²) < 4.78 is 0. The molecule has 0 bridgehead atoms. The van der Waals surface area contributed by atoms with Crippen LogP contribution in [0.4, 0.5) is 10.5 Å². The molecule has 1 unspecified atom stereocenters. The maximum absolute atomic E-state index is 12.4. The SMILES string of the molecule is CCSc1ccc(Cl)cc1NC(=O)N1CCC(C(C)O)CC1. The molecule has 1 aliphatic rings. The molecular weight excluding hydrogens is 320 g/mol. The largest absolute Gasteiger partial charge is 0.393 e. The highest BCUT2D eigenvalue weighted by Crippen LogP contribution is 2.30. The molecule has 2 rings (SSSR count). The van der Waals surface area contributed by atoms with E-state index in [0.717, 1.165) is 29.2 Å². The second-order valence-corrected chi connectivity index (χ2v) is 7.31. The topological polar surface area (TPSA) is 52.6 Å². The van der Waals surface area contributed by atoms with Crippen LogP contribution in [0.2, 0.25) is 5.02 Å². The normalized spacial score (nSPS) is 17.4. The van der Waals surface area contributed by atoms with E-state index in [-0.39, 0.29) is 12.1 Å². The summed E-state index contributed by atoms with van der Waals surface area (Å²) in [6.07, 6.45) is 1.39. The Morgan fingerprint density at radius 1 is 1.50 bits per heavy atom. The second kappa shape index (κ2) is 8.09. The smallest absolute Gasteiger partial charge is 0.321 e. The molecule has 1 fully saturated rings. The number of piperidine rings is 1. The van der Waals surface area contributed by atoms with Crippen LogP contribution in [0.25, 0.3) is 0 Å². The lowest BCUT2D eigenvalue weighted by molar-refractivity contribution is 0.0820. The first-order valence-corrected chi connectivity index (χ1v) is 9.04. The fourth-order valence-corrected chi connectivity index (χ4v) is 3.57. The zero-order valence-electron chi connectivity index (χ0n) is 13.0. The Labute approximate surface area is 141 Å². The van der Waals surface area contributed by atoms with Gasteiger partial charge in [0.15, 0.2) is 0 Å². The van der Waals surface area contributed by atoms with Crippen LogP contribution in [-0.4, -0.2) is 41.0 Å². The van der Waals surface area contributed by atoms with Gasteiger partial charge in [0.05, 0.1) is 11.8 Å². The van der Waals surface area contributed by atoms with Crippen LogP contribution < -0.4 is 5.32 Å². The maximum Gasteiger partial charge on any atom is 0.321 e. The predicted molar refractivity (Wildman–Crippen MR) is 92.8 cm³/mol. The molecule has 1 aromatic carbocycles. The van der Waals surface area contributed by atoms with E-state index in [0.29, 0.717) is 24.0 Å². The summed E-state index contributed by atoms with van der Waals surface area (Å²) in [5.74, 6) is 1.23. The molecule has 0 aliphatic carbocycles. The molecule has 0 spiro atoms. The highest BCUT2D eigenvalue weighted by atomic mass is 35.5. The molecule has 1 atom stereocenters. The zero-order chi connectivity index (χ0) is 16.1. The Kier molecular flexibility index (Phi) is 6.41. The van der Waals surface area contributed by atoms with Crippen molar-refractivity contribution in [1.29, 1.82) is 0 Å². The minimum absolute atomic E-state index is 0.0933. The fourth-order valence-electron chi connectivity index (χ4n) is 2.66. The minimum atomic E-state index is -0.300. The molecule has 1 aromatic rings. The highest BCUT2D eigenvalue weighted by Gasteiger charge is 2.25. The van der Waals surface area contributed by atoms with E-state index in [9.17, 15) is 9.90 Å². The number of carbonyl (C=O) groups excluding carboxylic acids is 1. The van der Waals surface area contributed by atoms with Crippen molar-refractivity contribution < 1.29 is 9.90 Å². The number of carbonyl (C=O) groups is 1.